The molecule has 0 radical (unpaired) electrons. The summed E-state index contributed by atoms with van der Waals surface area (Å²) in [5.74, 6) is 0.591. The minimum atomic E-state index is -3.51. The predicted octanol–water partition coefficient (Wildman–Crippen LogP) is 2.60. The van der Waals surface area contributed by atoms with Crippen LogP contribution in [0.25, 0.3) is 0 Å². The van der Waals surface area contributed by atoms with Crippen molar-refractivity contribution in [2.45, 2.75) is 43.9 Å². The molecule has 0 spiro atoms. The zero-order valence-electron chi connectivity index (χ0n) is 17.9. The second-order valence-electron chi connectivity index (χ2n) is 8.48. The third-order valence-electron chi connectivity index (χ3n) is 5.84. The van der Waals surface area contributed by atoms with Gasteiger partial charge in [-0.1, -0.05) is 13.3 Å². The van der Waals surface area contributed by atoms with E-state index in [1.165, 1.54) is 6.42 Å². The lowest BCUT2D eigenvalue weighted by Crippen LogP contribution is -2.42. The highest BCUT2D eigenvalue weighted by molar-refractivity contribution is 7.89. The molecule has 1 atom stereocenters. The van der Waals surface area contributed by atoms with Crippen molar-refractivity contribution in [2.75, 3.05) is 57.0 Å². The predicted molar refractivity (Wildman–Crippen MR) is 117 cm³/mol. The zero-order chi connectivity index (χ0) is 21.0. The highest BCUT2D eigenvalue weighted by Crippen LogP contribution is 2.30. The smallest absolute Gasteiger partial charge is 0.243 e. The van der Waals surface area contributed by atoms with Gasteiger partial charge in [-0.2, -0.15) is 4.31 Å². The molecule has 0 bridgehead atoms. The van der Waals surface area contributed by atoms with Gasteiger partial charge in [0.2, 0.25) is 15.9 Å². The Bertz CT molecular complexity index is 819. The zero-order valence-corrected chi connectivity index (χ0v) is 18.7. The molecule has 0 saturated carbocycles. The molecule has 0 aliphatic carbocycles. The summed E-state index contributed by atoms with van der Waals surface area (Å²) in [5, 5.41) is 3.21. The molecule has 1 aromatic carbocycles. The lowest BCUT2D eigenvalue weighted by molar-refractivity contribution is -0.130. The molecular weight excluding hydrogens is 388 g/mol. The highest BCUT2D eigenvalue weighted by Gasteiger charge is 2.27. The van der Waals surface area contributed by atoms with Crippen LogP contribution in [0.15, 0.2) is 23.1 Å². The Kier molecular flexibility index (Phi) is 7.05. The van der Waals surface area contributed by atoms with Gasteiger partial charge in [0.1, 0.15) is 0 Å². The van der Waals surface area contributed by atoms with E-state index in [1.54, 1.807) is 16.4 Å². The Morgan fingerprint density at radius 2 is 1.86 bits per heavy atom. The van der Waals surface area contributed by atoms with Crippen molar-refractivity contribution in [2.24, 2.45) is 5.92 Å². The maximum absolute atomic E-state index is 13.1. The summed E-state index contributed by atoms with van der Waals surface area (Å²) < 4.78 is 27.7. The summed E-state index contributed by atoms with van der Waals surface area (Å²) in [5.41, 5.74) is 1.54. The van der Waals surface area contributed by atoms with E-state index in [1.807, 2.05) is 30.0 Å². The van der Waals surface area contributed by atoms with Crippen LogP contribution in [-0.4, -0.2) is 70.3 Å². The maximum Gasteiger partial charge on any atom is 0.243 e. The molecule has 1 N–H and O–H groups in total. The average Bonchev–Trinajstić information content (AvgIpc) is 2.72. The van der Waals surface area contributed by atoms with Gasteiger partial charge in [-0.25, -0.2) is 8.42 Å². The summed E-state index contributed by atoms with van der Waals surface area (Å²) >= 11 is 0. The first-order valence-corrected chi connectivity index (χ1v) is 12.1. The van der Waals surface area contributed by atoms with Crippen LogP contribution in [0.3, 0.4) is 0 Å². The summed E-state index contributed by atoms with van der Waals surface area (Å²) in [6.07, 6.45) is 5.10. The summed E-state index contributed by atoms with van der Waals surface area (Å²) in [6.45, 7) is 5.09. The largest absolute Gasteiger partial charge is 0.376 e. The number of sulfonamides is 1. The van der Waals surface area contributed by atoms with Gasteiger partial charge in [-0.15, -0.1) is 0 Å². The van der Waals surface area contributed by atoms with Crippen LogP contribution in [0.4, 0.5) is 11.4 Å². The van der Waals surface area contributed by atoms with E-state index in [2.05, 4.69) is 12.2 Å². The van der Waals surface area contributed by atoms with E-state index in [-0.39, 0.29) is 17.3 Å². The van der Waals surface area contributed by atoms with Gasteiger partial charge in [0.05, 0.1) is 22.8 Å². The van der Waals surface area contributed by atoms with Gasteiger partial charge >= 0.3 is 0 Å². The van der Waals surface area contributed by atoms with Crippen LogP contribution in [0.2, 0.25) is 0 Å². The number of rotatable bonds is 6. The third kappa shape index (κ3) is 5.22. The molecule has 1 unspecified atom stereocenters. The number of carbonyl (C=O) groups is 1. The first kappa shape index (κ1) is 21.9. The summed E-state index contributed by atoms with van der Waals surface area (Å²) in [6, 6.07) is 5.15. The van der Waals surface area contributed by atoms with E-state index in [4.69, 9.17) is 0 Å². The number of piperidine rings is 2. The Balaban J connectivity index is 1.77. The molecule has 2 heterocycles. The monoisotopic (exact) mass is 422 g/mol. The number of hydrogen-bond donors (Lipinski definition) is 1. The van der Waals surface area contributed by atoms with Crippen molar-refractivity contribution >= 4 is 27.3 Å². The van der Waals surface area contributed by atoms with Gasteiger partial charge in [-0.3, -0.25) is 4.79 Å². The van der Waals surface area contributed by atoms with E-state index in [9.17, 15) is 13.2 Å². The number of carbonyl (C=O) groups excluding carboxylic acids is 1. The second-order valence-corrected chi connectivity index (χ2v) is 10.4. The molecule has 2 aliphatic rings. The minimum absolute atomic E-state index is 0.0607. The molecule has 2 aliphatic heterocycles. The lowest BCUT2D eigenvalue weighted by Gasteiger charge is -2.31. The first-order chi connectivity index (χ1) is 13.8. The first-order valence-electron chi connectivity index (χ1n) is 10.6. The highest BCUT2D eigenvalue weighted by atomic mass is 32.2. The Morgan fingerprint density at radius 3 is 2.52 bits per heavy atom. The number of nitrogens with zero attached hydrogens (tertiary/aromatic N) is 3. The SMILES string of the molecule is CC1CCCN(C(=O)CNc2cc(S(=O)(=O)N3CCCCC3)ccc2N(C)C)C1. The van der Waals surface area contributed by atoms with E-state index in [0.717, 1.165) is 44.5 Å². The van der Waals surface area contributed by atoms with Crippen molar-refractivity contribution in [3.63, 3.8) is 0 Å². The van der Waals surface area contributed by atoms with Crippen LogP contribution in [0.1, 0.15) is 39.0 Å². The Hall–Kier alpha value is -1.80. The number of amides is 1. The number of benzene rings is 1. The molecule has 1 aromatic rings. The van der Waals surface area contributed by atoms with Crippen LogP contribution >= 0.6 is 0 Å². The topological polar surface area (TPSA) is 73.0 Å². The fourth-order valence-electron chi connectivity index (χ4n) is 4.16. The molecule has 3 rings (SSSR count). The van der Waals surface area contributed by atoms with Gasteiger partial charge in [-0.05, 0) is 49.8 Å². The molecule has 2 saturated heterocycles. The van der Waals surface area contributed by atoms with Crippen molar-refractivity contribution < 1.29 is 13.2 Å². The molecular formula is C21H34N4O3S. The molecule has 7 nitrogen and oxygen atoms in total. The molecule has 0 aromatic heterocycles. The quantitative estimate of drug-likeness (QED) is 0.763. The molecule has 162 valence electrons. The number of anilines is 2. The van der Waals surface area contributed by atoms with Crippen LogP contribution in [-0.2, 0) is 14.8 Å². The third-order valence-corrected chi connectivity index (χ3v) is 7.74. The van der Waals surface area contributed by atoms with Gasteiger partial charge < -0.3 is 15.1 Å². The molecule has 8 heteroatoms. The summed E-state index contributed by atoms with van der Waals surface area (Å²) in [4.78, 5) is 16.8. The lowest BCUT2D eigenvalue weighted by atomic mass is 10.0. The fourth-order valence-corrected chi connectivity index (χ4v) is 5.70. The van der Waals surface area contributed by atoms with E-state index < -0.39 is 10.0 Å². The van der Waals surface area contributed by atoms with E-state index in [0.29, 0.717) is 24.7 Å². The summed E-state index contributed by atoms with van der Waals surface area (Å²) in [7, 11) is 0.307. The van der Waals surface area contributed by atoms with Gasteiger partial charge in [0, 0.05) is 40.3 Å². The van der Waals surface area contributed by atoms with Crippen LogP contribution < -0.4 is 10.2 Å². The number of likely N-dealkylation sites (tertiary alicyclic amines) is 1. The van der Waals surface area contributed by atoms with Crippen molar-refractivity contribution in [3.8, 4) is 0 Å². The molecule has 1 amide bonds. The van der Waals surface area contributed by atoms with Crippen LogP contribution in [0.5, 0.6) is 0 Å². The average molecular weight is 423 g/mol. The van der Waals surface area contributed by atoms with Crippen molar-refractivity contribution in [1.29, 1.82) is 0 Å². The molecule has 2 fully saturated rings. The normalized spacial score (nSPS) is 21.1. The van der Waals surface area contributed by atoms with Crippen LogP contribution in [0, 0.1) is 5.92 Å². The number of nitrogens with one attached hydrogen (secondary N) is 1. The maximum atomic E-state index is 13.1. The Labute approximate surface area is 175 Å². The Morgan fingerprint density at radius 1 is 1.14 bits per heavy atom. The van der Waals surface area contributed by atoms with Crippen molar-refractivity contribution in [1.82, 2.24) is 9.21 Å². The fraction of sp³-hybridized carbons (Fsp3) is 0.667. The van der Waals surface area contributed by atoms with Gasteiger partial charge in [0.15, 0.2) is 0 Å². The van der Waals surface area contributed by atoms with E-state index >= 15 is 0 Å². The van der Waals surface area contributed by atoms with Crippen molar-refractivity contribution in [3.05, 3.63) is 18.2 Å². The standard InChI is InChI=1S/C21H34N4O3S/c1-17-8-7-11-24(16-17)21(26)15-22-19-14-18(9-10-20(19)23(2)3)29(27,28)25-12-5-4-6-13-25/h9-10,14,17,22H,4-8,11-13,15-16H2,1-3H3. The second kappa shape index (κ2) is 9.34. The molecule has 29 heavy (non-hydrogen) atoms. The van der Waals surface area contributed by atoms with Gasteiger partial charge in [0.25, 0.3) is 0 Å². The minimum Gasteiger partial charge on any atom is -0.376 e. The number of hydrogen-bond acceptors (Lipinski definition) is 5.